The van der Waals surface area contributed by atoms with Crippen LogP contribution in [0.1, 0.15) is 47.1 Å². The van der Waals surface area contributed by atoms with Crippen molar-refractivity contribution in [3.63, 3.8) is 0 Å². The smallest absolute Gasteiger partial charge is 0.408 e. The third kappa shape index (κ3) is 27.9. The zero-order chi connectivity index (χ0) is 41.4. The van der Waals surface area contributed by atoms with Gasteiger partial charge in [-0.05, 0) is 51.3 Å². The Labute approximate surface area is 331 Å². The summed E-state index contributed by atoms with van der Waals surface area (Å²) in [7, 11) is 1.63. The number of alkyl carbamates (subject to hydrolysis) is 2. The van der Waals surface area contributed by atoms with Crippen LogP contribution in [0.5, 0.6) is 0 Å². The number of hydrogen-bond donors (Lipinski definition) is 4. The molecule has 0 aliphatic carbocycles. The minimum atomic E-state index is -0.892. The third-order valence-electron chi connectivity index (χ3n) is 7.14. The molecule has 1 rings (SSSR count). The molecule has 1 aromatic carbocycles. The quantitative estimate of drug-likeness (QED) is 0.0773. The van der Waals surface area contributed by atoms with Gasteiger partial charge in [-0.3, -0.25) is 9.59 Å². The van der Waals surface area contributed by atoms with Gasteiger partial charge < -0.3 is 68.6 Å². The third-order valence-corrected chi connectivity index (χ3v) is 7.14. The molecule has 322 valence electrons. The highest BCUT2D eigenvalue weighted by Gasteiger charge is 2.29. The fourth-order valence-electron chi connectivity index (χ4n) is 4.26. The summed E-state index contributed by atoms with van der Waals surface area (Å²) in [5.41, 5.74) is 0.474. The van der Waals surface area contributed by atoms with E-state index in [2.05, 4.69) is 21.3 Å². The van der Waals surface area contributed by atoms with E-state index in [0.29, 0.717) is 110 Å². The Morgan fingerprint density at radius 2 is 1.04 bits per heavy atom. The van der Waals surface area contributed by atoms with Crippen molar-refractivity contribution in [2.45, 2.75) is 65.8 Å². The highest BCUT2D eigenvalue weighted by molar-refractivity contribution is 5.98. The molecule has 0 bridgehead atoms. The molecule has 0 radical (unpaired) electrons. The Balaban J connectivity index is 2.04. The molecule has 0 heterocycles. The first-order valence-corrected chi connectivity index (χ1v) is 19.0. The molecule has 0 aromatic heterocycles. The number of rotatable bonds is 32. The van der Waals surface area contributed by atoms with Crippen LogP contribution < -0.4 is 21.3 Å². The number of ether oxygens (including phenoxy) is 10. The molecule has 4 N–H and O–H groups in total. The lowest BCUT2D eigenvalue weighted by molar-refractivity contribution is -0.128. The fraction of sp³-hybridized carbons (Fsp3) is 0.737. The van der Waals surface area contributed by atoms with Gasteiger partial charge in [0.1, 0.15) is 24.3 Å². The number of amides is 4. The first-order valence-electron chi connectivity index (χ1n) is 19.0. The van der Waals surface area contributed by atoms with Gasteiger partial charge in [0, 0.05) is 19.3 Å². The van der Waals surface area contributed by atoms with Gasteiger partial charge in [-0.25, -0.2) is 9.59 Å². The lowest BCUT2D eigenvalue weighted by Crippen LogP contribution is -2.54. The molecule has 0 saturated carbocycles. The molecule has 18 nitrogen and oxygen atoms in total. The van der Waals surface area contributed by atoms with Gasteiger partial charge in [-0.2, -0.15) is 0 Å². The zero-order valence-electron chi connectivity index (χ0n) is 34.3. The van der Waals surface area contributed by atoms with Gasteiger partial charge in [0.05, 0.1) is 99.1 Å². The van der Waals surface area contributed by atoms with E-state index in [9.17, 15) is 19.2 Å². The Morgan fingerprint density at radius 1 is 0.589 bits per heavy atom. The van der Waals surface area contributed by atoms with Crippen molar-refractivity contribution < 1.29 is 66.5 Å². The normalized spacial score (nSPS) is 12.5. The summed E-state index contributed by atoms with van der Waals surface area (Å²) in [6.45, 7) is 17.5. The van der Waals surface area contributed by atoms with E-state index in [1.54, 1.807) is 72.9 Å². The summed E-state index contributed by atoms with van der Waals surface area (Å²) in [4.78, 5) is 49.8. The Bertz CT molecular complexity index is 1200. The van der Waals surface area contributed by atoms with Crippen molar-refractivity contribution in [1.29, 1.82) is 0 Å². The summed E-state index contributed by atoms with van der Waals surface area (Å²) in [5, 5.41) is 10.5. The molecule has 4 amide bonds. The van der Waals surface area contributed by atoms with Gasteiger partial charge in [0.15, 0.2) is 0 Å². The van der Waals surface area contributed by atoms with Crippen molar-refractivity contribution >= 4 is 29.7 Å². The first kappa shape index (κ1) is 50.4. The maximum atomic E-state index is 12.8. The number of benzene rings is 1. The van der Waals surface area contributed by atoms with Crippen molar-refractivity contribution in [2.24, 2.45) is 5.92 Å². The second-order valence-corrected chi connectivity index (χ2v) is 13.6. The van der Waals surface area contributed by atoms with Gasteiger partial charge >= 0.3 is 12.2 Å². The molecule has 1 aromatic rings. The molecule has 0 unspecified atom stereocenters. The van der Waals surface area contributed by atoms with Crippen LogP contribution in [0.4, 0.5) is 15.3 Å². The molecule has 0 aliphatic heterocycles. The van der Waals surface area contributed by atoms with Crippen LogP contribution in [-0.2, 0) is 63.6 Å². The lowest BCUT2D eigenvalue weighted by Gasteiger charge is -2.26. The van der Waals surface area contributed by atoms with Crippen LogP contribution in [0.15, 0.2) is 24.3 Å². The Morgan fingerprint density at radius 3 is 1.46 bits per heavy atom. The van der Waals surface area contributed by atoms with Crippen LogP contribution in [0.25, 0.3) is 0 Å². The van der Waals surface area contributed by atoms with E-state index >= 15 is 0 Å². The van der Waals surface area contributed by atoms with Gasteiger partial charge in [-0.1, -0.05) is 26.0 Å². The fourth-order valence-corrected chi connectivity index (χ4v) is 4.26. The maximum absolute atomic E-state index is 12.8. The average Bonchev–Trinajstić information content (AvgIpc) is 3.14. The highest BCUT2D eigenvalue weighted by atomic mass is 16.6. The molecular weight excluding hydrogens is 736 g/mol. The summed E-state index contributed by atoms with van der Waals surface area (Å²) in [6.07, 6.45) is -1.31. The number of anilines is 1. The van der Waals surface area contributed by atoms with E-state index in [0.717, 1.165) is 0 Å². The van der Waals surface area contributed by atoms with Crippen molar-refractivity contribution in [1.82, 2.24) is 16.0 Å². The lowest BCUT2D eigenvalue weighted by atomic mass is 10.0. The summed E-state index contributed by atoms with van der Waals surface area (Å²) in [6, 6.07) is 4.94. The van der Waals surface area contributed by atoms with Gasteiger partial charge in [0.25, 0.3) is 0 Å². The van der Waals surface area contributed by atoms with Crippen molar-refractivity contribution in [3.05, 3.63) is 29.8 Å². The molecule has 0 fully saturated rings. The van der Waals surface area contributed by atoms with Crippen molar-refractivity contribution in [2.75, 3.05) is 118 Å². The molecule has 0 aliphatic rings. The molecule has 56 heavy (non-hydrogen) atoms. The van der Waals surface area contributed by atoms with Crippen LogP contribution in [0.3, 0.4) is 0 Å². The van der Waals surface area contributed by atoms with E-state index in [1.807, 2.05) is 0 Å². The van der Waals surface area contributed by atoms with E-state index in [4.69, 9.17) is 47.4 Å². The van der Waals surface area contributed by atoms with Crippen LogP contribution in [0.2, 0.25) is 0 Å². The van der Waals surface area contributed by atoms with Crippen LogP contribution in [0, 0.1) is 5.92 Å². The highest BCUT2D eigenvalue weighted by Crippen LogP contribution is 2.12. The predicted octanol–water partition coefficient (Wildman–Crippen LogP) is 2.67. The monoisotopic (exact) mass is 802 g/mol. The maximum Gasteiger partial charge on any atom is 0.408 e. The topological polar surface area (TPSA) is 209 Å². The summed E-state index contributed by atoms with van der Waals surface area (Å²) < 4.78 is 53.3. The molecule has 18 heteroatoms. The second kappa shape index (κ2) is 31.5. The van der Waals surface area contributed by atoms with Gasteiger partial charge in [0.2, 0.25) is 11.8 Å². The number of methoxy groups -OCH3 is 1. The van der Waals surface area contributed by atoms with Gasteiger partial charge in [-0.15, -0.1) is 0 Å². The number of hydrogen-bond acceptors (Lipinski definition) is 14. The molecular formula is C38H66N4O14. The summed E-state index contributed by atoms with van der Waals surface area (Å²) >= 11 is 0. The minimum Gasteiger partial charge on any atom is -0.445 e. The Kier molecular flexibility index (Phi) is 28.3. The average molecular weight is 803 g/mol. The van der Waals surface area contributed by atoms with E-state index in [-0.39, 0.29) is 19.1 Å². The standard InChI is InChI=1S/C38H66N4O14/c1-29(2)33(42-37(46)56-38(4,5)6)35(44)40-30(3)34(43)41-32-10-8-31(9-11-32)28-55-36(45)39-12-13-48-16-17-50-20-21-52-24-25-54-27-26-53-23-22-51-19-18-49-15-14-47-7/h8-11,29-30,33H,12-28H2,1-7H3,(H,39,45)(H,40,44)(H,41,43)(H,42,46)/t30-,33-/m0/s1. The molecule has 2 atom stereocenters. The summed E-state index contributed by atoms with van der Waals surface area (Å²) in [5.74, 6) is -1.21. The van der Waals surface area contributed by atoms with Crippen molar-refractivity contribution in [3.8, 4) is 0 Å². The Hall–Kier alpha value is -3.62. The van der Waals surface area contributed by atoms with Crippen LogP contribution in [-0.4, -0.2) is 154 Å². The largest absolute Gasteiger partial charge is 0.445 e. The predicted molar refractivity (Wildman–Crippen MR) is 206 cm³/mol. The second-order valence-electron chi connectivity index (χ2n) is 13.6. The molecule has 0 spiro atoms. The number of carbonyl (C=O) groups is 4. The molecule has 0 saturated heterocycles. The van der Waals surface area contributed by atoms with E-state index < -0.39 is 41.7 Å². The number of carbonyl (C=O) groups excluding carboxylic acids is 4. The first-order chi connectivity index (χ1) is 26.8. The SMILES string of the molecule is COCCOCCOCCOCCOCCOCCOCCOCCNC(=O)OCc1ccc(NC(=O)[C@H](C)NC(=O)[C@@H](NC(=O)OC(C)(C)C)C(C)C)cc1. The number of nitrogens with one attached hydrogen (secondary N) is 4. The minimum absolute atomic E-state index is 0.0223. The van der Waals surface area contributed by atoms with Crippen LogP contribution >= 0.6 is 0 Å². The zero-order valence-corrected chi connectivity index (χ0v) is 34.3. The van der Waals surface area contributed by atoms with E-state index in [1.165, 1.54) is 0 Å².